The number of nitrogens with zero attached hydrogens (tertiary/aromatic N) is 4. The van der Waals surface area contributed by atoms with Crippen molar-refractivity contribution in [3.63, 3.8) is 0 Å². The molecule has 8 nitrogen and oxygen atoms in total. The molecule has 0 bridgehead atoms. The molecule has 4 rings (SSSR count). The summed E-state index contributed by atoms with van der Waals surface area (Å²) in [5.74, 6) is -0.963. The van der Waals surface area contributed by atoms with Crippen molar-refractivity contribution in [2.75, 3.05) is 5.32 Å². The van der Waals surface area contributed by atoms with Gasteiger partial charge < -0.3 is 10.4 Å². The normalized spacial score (nSPS) is 12.8. The summed E-state index contributed by atoms with van der Waals surface area (Å²) in [4.78, 5) is 24.2. The molecule has 0 spiro atoms. The maximum absolute atomic E-state index is 12.7. The molecule has 0 fully saturated rings. The Bertz CT molecular complexity index is 1000. The molecule has 1 aliphatic rings. The minimum Gasteiger partial charge on any atom is -0.477 e. The molecule has 8 heteroatoms. The van der Waals surface area contributed by atoms with Crippen molar-refractivity contribution < 1.29 is 14.7 Å². The van der Waals surface area contributed by atoms with Crippen LogP contribution in [-0.4, -0.2) is 36.5 Å². The summed E-state index contributed by atoms with van der Waals surface area (Å²) in [6.07, 6.45) is 2.80. The van der Waals surface area contributed by atoms with Crippen molar-refractivity contribution in [3.05, 3.63) is 59.0 Å². The molecule has 0 saturated heterocycles. The molecule has 1 aliphatic carbocycles. The minimum atomic E-state index is -1.15. The van der Waals surface area contributed by atoms with Gasteiger partial charge in [-0.1, -0.05) is 18.2 Å². The van der Waals surface area contributed by atoms with Crippen LogP contribution in [0.5, 0.6) is 0 Å². The number of carbonyl (C=O) groups is 2. The first kappa shape index (κ1) is 16.1. The van der Waals surface area contributed by atoms with E-state index < -0.39 is 11.9 Å². The third-order valence-corrected chi connectivity index (χ3v) is 4.46. The van der Waals surface area contributed by atoms with Crippen LogP contribution in [0.3, 0.4) is 0 Å². The van der Waals surface area contributed by atoms with Crippen molar-refractivity contribution in [2.24, 2.45) is 7.05 Å². The number of hydrogen-bond acceptors (Lipinski definition) is 4. The van der Waals surface area contributed by atoms with E-state index in [0.717, 1.165) is 30.5 Å². The monoisotopic (exact) mass is 351 g/mol. The molecule has 1 aromatic carbocycles. The number of benzene rings is 1. The average Bonchev–Trinajstić information content (AvgIpc) is 3.32. The first-order chi connectivity index (χ1) is 12.5. The zero-order chi connectivity index (χ0) is 18.3. The topological polar surface area (TPSA) is 102 Å². The van der Waals surface area contributed by atoms with E-state index in [2.05, 4.69) is 15.5 Å². The Hall–Kier alpha value is -3.42. The number of hydrogen-bond donors (Lipinski definition) is 2. The number of fused-ring (bicyclic) bond motifs is 1. The number of carboxylic acids is 1. The molecule has 0 aliphatic heterocycles. The number of carboxylic acid groups (broad SMARTS) is 1. The molecular weight excluding hydrogens is 334 g/mol. The summed E-state index contributed by atoms with van der Waals surface area (Å²) in [5, 5.41) is 20.9. The molecule has 0 saturated carbocycles. The van der Waals surface area contributed by atoms with Crippen LogP contribution in [0.15, 0.2) is 36.4 Å². The highest BCUT2D eigenvalue weighted by Crippen LogP contribution is 2.28. The van der Waals surface area contributed by atoms with E-state index in [-0.39, 0.29) is 11.4 Å². The summed E-state index contributed by atoms with van der Waals surface area (Å²) in [7, 11) is 1.78. The molecule has 2 heterocycles. The fourth-order valence-electron chi connectivity index (χ4n) is 3.26. The van der Waals surface area contributed by atoms with Crippen molar-refractivity contribution in [2.45, 2.75) is 19.3 Å². The van der Waals surface area contributed by atoms with Crippen LogP contribution in [-0.2, 0) is 19.9 Å². The first-order valence-electron chi connectivity index (χ1n) is 8.29. The first-order valence-corrected chi connectivity index (χ1v) is 8.29. The minimum absolute atomic E-state index is 0.0409. The smallest absolute Gasteiger partial charge is 0.354 e. The highest BCUT2D eigenvalue weighted by atomic mass is 16.4. The number of aromatic nitrogens is 4. The van der Waals surface area contributed by atoms with Gasteiger partial charge >= 0.3 is 5.97 Å². The largest absolute Gasteiger partial charge is 0.477 e. The third-order valence-electron chi connectivity index (χ3n) is 4.46. The number of rotatable bonds is 4. The molecule has 26 heavy (non-hydrogen) atoms. The van der Waals surface area contributed by atoms with Gasteiger partial charge in [0.2, 0.25) is 0 Å². The quantitative estimate of drug-likeness (QED) is 0.749. The second-order valence-corrected chi connectivity index (χ2v) is 6.17. The van der Waals surface area contributed by atoms with Crippen molar-refractivity contribution >= 4 is 17.7 Å². The van der Waals surface area contributed by atoms with Gasteiger partial charge in [-0.2, -0.15) is 10.2 Å². The van der Waals surface area contributed by atoms with E-state index in [0.29, 0.717) is 11.5 Å². The van der Waals surface area contributed by atoms with Gasteiger partial charge in [-0.15, -0.1) is 0 Å². The Kier molecular flexibility index (Phi) is 3.80. The van der Waals surface area contributed by atoms with Crippen LogP contribution in [0.2, 0.25) is 0 Å². The standard InChI is InChI=1S/C18H17N5O3/c1-22-16(12-8-5-9-13(12)20-22)19-17(24)14-10-15(18(25)26)23(21-14)11-6-3-2-4-7-11/h2-4,6-7,10H,5,8-9H2,1H3,(H,19,24)(H,25,26). The van der Waals surface area contributed by atoms with Gasteiger partial charge in [0.1, 0.15) is 5.82 Å². The van der Waals surface area contributed by atoms with Crippen LogP contribution >= 0.6 is 0 Å². The lowest BCUT2D eigenvalue weighted by Gasteiger charge is -2.06. The molecule has 132 valence electrons. The fraction of sp³-hybridized carbons (Fsp3) is 0.222. The van der Waals surface area contributed by atoms with E-state index in [1.165, 1.54) is 10.7 Å². The second kappa shape index (κ2) is 6.14. The Morgan fingerprint density at radius 2 is 1.92 bits per heavy atom. The number of carbonyl (C=O) groups excluding carboxylic acids is 1. The SMILES string of the molecule is Cn1nc2c(c1NC(=O)c1cc(C(=O)O)n(-c3ccccc3)n1)CCC2. The number of anilines is 1. The lowest BCUT2D eigenvalue weighted by Crippen LogP contribution is -2.16. The van der Waals surface area contributed by atoms with Gasteiger partial charge in [0.25, 0.3) is 5.91 Å². The lowest BCUT2D eigenvalue weighted by molar-refractivity contribution is 0.0687. The third kappa shape index (κ3) is 2.65. The maximum atomic E-state index is 12.7. The number of nitrogens with one attached hydrogen (secondary N) is 1. The maximum Gasteiger partial charge on any atom is 0.354 e. The predicted octanol–water partition coefficient (Wildman–Crippen LogP) is 2.04. The zero-order valence-electron chi connectivity index (χ0n) is 14.1. The van der Waals surface area contributed by atoms with Crippen molar-refractivity contribution in [3.8, 4) is 5.69 Å². The van der Waals surface area contributed by atoms with Gasteiger partial charge in [-0.25, -0.2) is 9.48 Å². The molecular formula is C18H17N5O3. The van der Waals surface area contributed by atoms with E-state index in [1.807, 2.05) is 6.07 Å². The van der Waals surface area contributed by atoms with E-state index >= 15 is 0 Å². The Labute approximate surface area is 149 Å². The number of para-hydroxylation sites is 1. The van der Waals surface area contributed by atoms with Crippen molar-refractivity contribution in [1.29, 1.82) is 0 Å². The van der Waals surface area contributed by atoms with Gasteiger partial charge in [0, 0.05) is 18.7 Å². The van der Waals surface area contributed by atoms with Crippen LogP contribution < -0.4 is 5.32 Å². The number of aryl methyl sites for hydroxylation is 2. The van der Waals surface area contributed by atoms with Gasteiger partial charge in [0.15, 0.2) is 11.4 Å². The summed E-state index contributed by atoms with van der Waals surface area (Å²) in [6, 6.07) is 10.1. The Balaban J connectivity index is 1.68. The Morgan fingerprint density at radius 3 is 2.65 bits per heavy atom. The molecule has 0 atom stereocenters. The number of amides is 1. The van der Waals surface area contributed by atoms with Crippen LogP contribution in [0, 0.1) is 0 Å². The Morgan fingerprint density at radius 1 is 1.15 bits per heavy atom. The summed E-state index contributed by atoms with van der Waals surface area (Å²) in [6.45, 7) is 0. The van der Waals surface area contributed by atoms with Gasteiger partial charge in [0.05, 0.1) is 11.4 Å². The average molecular weight is 351 g/mol. The van der Waals surface area contributed by atoms with Crippen LogP contribution in [0.25, 0.3) is 5.69 Å². The van der Waals surface area contributed by atoms with E-state index in [4.69, 9.17) is 0 Å². The van der Waals surface area contributed by atoms with E-state index in [9.17, 15) is 14.7 Å². The second-order valence-electron chi connectivity index (χ2n) is 6.17. The molecule has 1 amide bonds. The fourth-order valence-corrected chi connectivity index (χ4v) is 3.26. The van der Waals surface area contributed by atoms with Crippen LogP contribution in [0.1, 0.15) is 38.7 Å². The molecule has 3 aromatic rings. The van der Waals surface area contributed by atoms with Gasteiger partial charge in [-0.05, 0) is 31.4 Å². The summed E-state index contributed by atoms with van der Waals surface area (Å²) < 4.78 is 2.90. The zero-order valence-corrected chi connectivity index (χ0v) is 14.1. The molecule has 2 aromatic heterocycles. The summed E-state index contributed by atoms with van der Waals surface area (Å²) in [5.41, 5.74) is 2.59. The molecule has 0 unspecified atom stereocenters. The van der Waals surface area contributed by atoms with Crippen LogP contribution in [0.4, 0.5) is 5.82 Å². The highest BCUT2D eigenvalue weighted by molar-refractivity contribution is 6.04. The summed E-state index contributed by atoms with van der Waals surface area (Å²) >= 11 is 0. The lowest BCUT2D eigenvalue weighted by atomic mass is 10.2. The number of aromatic carboxylic acids is 1. The highest BCUT2D eigenvalue weighted by Gasteiger charge is 2.25. The predicted molar refractivity (Wildman–Crippen MR) is 93.7 cm³/mol. The van der Waals surface area contributed by atoms with E-state index in [1.54, 1.807) is 36.0 Å². The molecule has 2 N–H and O–H groups in total. The molecule has 0 radical (unpaired) electrons. The van der Waals surface area contributed by atoms with Gasteiger partial charge in [-0.3, -0.25) is 9.48 Å². The van der Waals surface area contributed by atoms with Crippen molar-refractivity contribution in [1.82, 2.24) is 19.6 Å².